The van der Waals surface area contributed by atoms with Gasteiger partial charge in [-0.1, -0.05) is 6.07 Å². The average molecular weight is 405 g/mol. The number of carbonyl (C=O) groups excluding carboxylic acids is 1. The first kappa shape index (κ1) is 23.1. The van der Waals surface area contributed by atoms with Gasteiger partial charge in [-0.05, 0) is 25.0 Å². The minimum absolute atomic E-state index is 0. The van der Waals surface area contributed by atoms with Gasteiger partial charge in [0.05, 0.1) is 6.61 Å². The number of likely N-dealkylation sites (N-methyl/N-ethyl adjacent to an activating group) is 1. The highest BCUT2D eigenvalue weighted by Crippen LogP contribution is 2.17. The Morgan fingerprint density at radius 2 is 2.12 bits per heavy atom. The summed E-state index contributed by atoms with van der Waals surface area (Å²) in [5, 5.41) is 3.23. The molecule has 0 saturated carbocycles. The Balaban J connectivity index is 0.00000169. The van der Waals surface area contributed by atoms with Crippen molar-refractivity contribution in [2.75, 3.05) is 46.4 Å². The summed E-state index contributed by atoms with van der Waals surface area (Å²) in [6, 6.07) is 6.40. The van der Waals surface area contributed by atoms with Crippen LogP contribution in [0, 0.1) is 0 Å². The summed E-state index contributed by atoms with van der Waals surface area (Å²) in [7, 11) is 1.93. The van der Waals surface area contributed by atoms with Crippen LogP contribution < -0.4 is 5.32 Å². The van der Waals surface area contributed by atoms with E-state index >= 15 is 0 Å². The van der Waals surface area contributed by atoms with E-state index in [9.17, 15) is 4.79 Å². The molecule has 2 aliphatic rings. The number of amides is 1. The number of pyridine rings is 1. The Morgan fingerprint density at radius 1 is 1.35 bits per heavy atom. The molecule has 1 amide bonds. The van der Waals surface area contributed by atoms with Crippen molar-refractivity contribution in [3.05, 3.63) is 30.1 Å². The molecule has 8 heteroatoms. The smallest absolute Gasteiger partial charge is 0.253 e. The molecule has 0 aliphatic carbocycles. The first-order valence-corrected chi connectivity index (χ1v) is 8.95. The number of halogens is 2. The number of rotatable bonds is 5. The van der Waals surface area contributed by atoms with Crippen molar-refractivity contribution in [2.45, 2.75) is 31.4 Å². The van der Waals surface area contributed by atoms with Crippen LogP contribution in [0.2, 0.25) is 0 Å². The number of aromatic nitrogens is 1. The van der Waals surface area contributed by atoms with Crippen LogP contribution >= 0.6 is 24.8 Å². The lowest BCUT2D eigenvalue weighted by Crippen LogP contribution is -2.53. The lowest BCUT2D eigenvalue weighted by atomic mass is 10.0. The SMILES string of the molecule is CN(C(=O)C1CNCCO1)C1CCN(CCc2ccccn2)CC1.Cl.Cl. The molecule has 1 N–H and O–H groups in total. The monoisotopic (exact) mass is 404 g/mol. The van der Waals surface area contributed by atoms with E-state index in [1.807, 2.05) is 30.3 Å². The normalized spacial score (nSPS) is 21.3. The predicted octanol–water partition coefficient (Wildman–Crippen LogP) is 1.38. The molecule has 1 atom stereocenters. The molecule has 1 aromatic heterocycles. The maximum Gasteiger partial charge on any atom is 0.253 e. The second-order valence-corrected chi connectivity index (χ2v) is 6.66. The summed E-state index contributed by atoms with van der Waals surface area (Å²) in [5.41, 5.74) is 1.15. The van der Waals surface area contributed by atoms with Gasteiger partial charge >= 0.3 is 0 Å². The lowest BCUT2D eigenvalue weighted by Gasteiger charge is -2.38. The van der Waals surface area contributed by atoms with Crippen LogP contribution in [0.15, 0.2) is 24.4 Å². The number of piperidine rings is 1. The number of carbonyl (C=O) groups is 1. The Labute approximate surface area is 168 Å². The van der Waals surface area contributed by atoms with Crippen LogP contribution in [0.4, 0.5) is 0 Å². The molecule has 3 heterocycles. The number of nitrogens with one attached hydrogen (secondary N) is 1. The molecule has 0 radical (unpaired) electrons. The van der Waals surface area contributed by atoms with Crippen molar-refractivity contribution < 1.29 is 9.53 Å². The summed E-state index contributed by atoms with van der Waals surface area (Å²) in [4.78, 5) is 21.3. The summed E-state index contributed by atoms with van der Waals surface area (Å²) < 4.78 is 5.59. The number of hydrogen-bond donors (Lipinski definition) is 1. The molecule has 1 unspecified atom stereocenters. The van der Waals surface area contributed by atoms with E-state index in [-0.39, 0.29) is 36.8 Å². The van der Waals surface area contributed by atoms with Crippen LogP contribution in [0.25, 0.3) is 0 Å². The van der Waals surface area contributed by atoms with E-state index in [4.69, 9.17) is 4.74 Å². The highest BCUT2D eigenvalue weighted by atomic mass is 35.5. The van der Waals surface area contributed by atoms with Crippen molar-refractivity contribution in [1.82, 2.24) is 20.1 Å². The van der Waals surface area contributed by atoms with Gasteiger partial charge in [-0.2, -0.15) is 0 Å². The van der Waals surface area contributed by atoms with Crippen LogP contribution in [-0.4, -0.2) is 79.2 Å². The largest absolute Gasteiger partial charge is 0.366 e. The molecule has 2 saturated heterocycles. The second kappa shape index (κ2) is 11.7. The molecule has 26 heavy (non-hydrogen) atoms. The van der Waals surface area contributed by atoms with Crippen molar-refractivity contribution in [1.29, 1.82) is 0 Å². The van der Waals surface area contributed by atoms with Gasteiger partial charge in [0.1, 0.15) is 6.10 Å². The van der Waals surface area contributed by atoms with Gasteiger partial charge in [0.15, 0.2) is 0 Å². The first-order chi connectivity index (χ1) is 11.7. The van der Waals surface area contributed by atoms with Crippen LogP contribution in [-0.2, 0) is 16.0 Å². The summed E-state index contributed by atoms with van der Waals surface area (Å²) in [6.07, 6.45) is 4.59. The lowest BCUT2D eigenvalue weighted by molar-refractivity contribution is -0.146. The van der Waals surface area contributed by atoms with Crippen molar-refractivity contribution >= 4 is 30.7 Å². The maximum absolute atomic E-state index is 12.5. The molecule has 6 nitrogen and oxygen atoms in total. The molecule has 0 aromatic carbocycles. The minimum Gasteiger partial charge on any atom is -0.366 e. The van der Waals surface area contributed by atoms with Gasteiger partial charge in [-0.25, -0.2) is 0 Å². The highest BCUT2D eigenvalue weighted by Gasteiger charge is 2.30. The molecule has 2 aliphatic heterocycles. The number of nitrogens with zero attached hydrogens (tertiary/aromatic N) is 3. The topological polar surface area (TPSA) is 57.7 Å². The van der Waals surface area contributed by atoms with Gasteiger partial charge in [0.25, 0.3) is 5.91 Å². The van der Waals surface area contributed by atoms with Crippen molar-refractivity contribution in [3.8, 4) is 0 Å². The number of morpholine rings is 1. The molecular weight excluding hydrogens is 375 g/mol. The van der Waals surface area contributed by atoms with Gasteiger partial charge in [-0.15, -0.1) is 24.8 Å². The van der Waals surface area contributed by atoms with Gasteiger partial charge < -0.3 is 19.9 Å². The fourth-order valence-electron chi connectivity index (χ4n) is 3.48. The standard InChI is InChI=1S/C18H28N4O2.2ClH/c1-21(18(23)17-14-19-9-13-24-17)16-6-11-22(12-7-16)10-5-15-4-2-3-8-20-15;;/h2-4,8,16-17,19H,5-7,9-14H2,1H3;2*1H. The molecule has 0 bridgehead atoms. The second-order valence-electron chi connectivity index (χ2n) is 6.66. The fourth-order valence-corrected chi connectivity index (χ4v) is 3.48. The third-order valence-electron chi connectivity index (χ3n) is 5.07. The number of hydrogen-bond acceptors (Lipinski definition) is 5. The molecule has 2 fully saturated rings. The third-order valence-corrected chi connectivity index (χ3v) is 5.07. The van der Waals surface area contributed by atoms with E-state index in [1.165, 1.54) is 0 Å². The van der Waals surface area contributed by atoms with Crippen molar-refractivity contribution in [3.63, 3.8) is 0 Å². The zero-order valence-corrected chi connectivity index (χ0v) is 16.9. The van der Waals surface area contributed by atoms with Crippen LogP contribution in [0.5, 0.6) is 0 Å². The summed E-state index contributed by atoms with van der Waals surface area (Å²) in [5.74, 6) is 0.120. The van der Waals surface area contributed by atoms with Gasteiger partial charge in [-0.3, -0.25) is 9.78 Å². The Hall–Kier alpha value is -0.920. The molecule has 1 aromatic rings. The average Bonchev–Trinajstić information content (AvgIpc) is 2.67. The third kappa shape index (κ3) is 6.35. The summed E-state index contributed by atoms with van der Waals surface area (Å²) in [6.45, 7) is 5.21. The quantitative estimate of drug-likeness (QED) is 0.802. The van der Waals surface area contributed by atoms with Gasteiger partial charge in [0, 0.05) is 64.1 Å². The van der Waals surface area contributed by atoms with E-state index in [0.29, 0.717) is 19.2 Å². The van der Waals surface area contributed by atoms with E-state index in [1.54, 1.807) is 0 Å². The molecule has 0 spiro atoms. The molecule has 148 valence electrons. The van der Waals surface area contributed by atoms with E-state index < -0.39 is 0 Å². The minimum atomic E-state index is -0.314. The Morgan fingerprint density at radius 3 is 2.73 bits per heavy atom. The summed E-state index contributed by atoms with van der Waals surface area (Å²) >= 11 is 0. The van der Waals surface area contributed by atoms with Crippen LogP contribution in [0.3, 0.4) is 0 Å². The molecular formula is C18H30Cl2N4O2. The molecule has 3 rings (SSSR count). The fraction of sp³-hybridized carbons (Fsp3) is 0.667. The highest BCUT2D eigenvalue weighted by molar-refractivity contribution is 5.85. The number of likely N-dealkylation sites (tertiary alicyclic amines) is 1. The van der Waals surface area contributed by atoms with Crippen molar-refractivity contribution in [2.24, 2.45) is 0 Å². The van der Waals surface area contributed by atoms with Crippen LogP contribution in [0.1, 0.15) is 18.5 Å². The predicted molar refractivity (Wildman–Crippen MR) is 107 cm³/mol. The Kier molecular flexibility index (Phi) is 10.4. The van der Waals surface area contributed by atoms with Gasteiger partial charge in [0.2, 0.25) is 0 Å². The first-order valence-electron chi connectivity index (χ1n) is 8.95. The van der Waals surface area contributed by atoms with E-state index in [2.05, 4.69) is 21.3 Å². The zero-order chi connectivity index (χ0) is 16.8. The zero-order valence-electron chi connectivity index (χ0n) is 15.3. The maximum atomic E-state index is 12.5. The van der Waals surface area contributed by atoms with E-state index in [0.717, 1.165) is 51.1 Å². The number of ether oxygens (including phenoxy) is 1. The Bertz CT molecular complexity index is 521.